The summed E-state index contributed by atoms with van der Waals surface area (Å²) in [7, 11) is 0. The third-order valence-corrected chi connectivity index (χ3v) is 2.83. The molecule has 1 aromatic rings. The number of anilines is 1. The Kier molecular flexibility index (Phi) is 4.87. The van der Waals surface area contributed by atoms with Gasteiger partial charge in [-0.2, -0.15) is 13.2 Å². The van der Waals surface area contributed by atoms with E-state index in [-0.39, 0.29) is 12.6 Å². The van der Waals surface area contributed by atoms with E-state index in [1.807, 2.05) is 0 Å². The molecule has 6 heteroatoms. The van der Waals surface area contributed by atoms with Crippen LogP contribution in [0.5, 0.6) is 0 Å². The second-order valence-electron chi connectivity index (χ2n) is 4.46. The normalized spacial score (nSPS) is 12.4. The van der Waals surface area contributed by atoms with E-state index in [4.69, 9.17) is 17.3 Å². The highest BCUT2D eigenvalue weighted by Crippen LogP contribution is 2.23. The molecule has 2 N–H and O–H groups in total. The number of benzene rings is 1. The Morgan fingerprint density at radius 1 is 1.33 bits per heavy atom. The first-order valence-corrected chi connectivity index (χ1v) is 5.91. The van der Waals surface area contributed by atoms with Gasteiger partial charge in [0.15, 0.2) is 0 Å². The fourth-order valence-corrected chi connectivity index (χ4v) is 1.76. The molecule has 18 heavy (non-hydrogen) atoms. The average molecular weight is 281 g/mol. The molecule has 0 unspecified atom stereocenters. The van der Waals surface area contributed by atoms with Crippen LogP contribution in [0, 0.1) is 0 Å². The maximum absolute atomic E-state index is 12.4. The van der Waals surface area contributed by atoms with E-state index in [1.54, 1.807) is 32.0 Å². The van der Waals surface area contributed by atoms with E-state index < -0.39 is 12.7 Å². The molecule has 0 saturated heterocycles. The van der Waals surface area contributed by atoms with Gasteiger partial charge in [0.1, 0.15) is 0 Å². The predicted molar refractivity (Wildman–Crippen MR) is 67.5 cm³/mol. The Bertz CT molecular complexity index is 405. The lowest BCUT2D eigenvalue weighted by atomic mass is 10.1. The van der Waals surface area contributed by atoms with E-state index in [1.165, 1.54) is 4.90 Å². The number of hydrogen-bond acceptors (Lipinski definition) is 2. The van der Waals surface area contributed by atoms with Gasteiger partial charge in [-0.25, -0.2) is 0 Å². The number of nitrogen functional groups attached to an aromatic ring is 1. The molecule has 0 aromatic heterocycles. The van der Waals surface area contributed by atoms with Crippen LogP contribution in [0.15, 0.2) is 18.2 Å². The SMILES string of the molecule is CC(C)N(Cc1ccc(Cl)cc1N)CC(F)(F)F. The molecule has 0 aliphatic rings. The quantitative estimate of drug-likeness (QED) is 0.852. The number of hydrogen-bond donors (Lipinski definition) is 1. The highest BCUT2D eigenvalue weighted by atomic mass is 35.5. The van der Waals surface area contributed by atoms with Crippen LogP contribution in [0.2, 0.25) is 5.02 Å². The number of halogens is 4. The summed E-state index contributed by atoms with van der Waals surface area (Å²) in [5, 5.41) is 0.475. The van der Waals surface area contributed by atoms with Crippen molar-refractivity contribution in [2.24, 2.45) is 0 Å². The molecule has 0 spiro atoms. The smallest absolute Gasteiger partial charge is 0.398 e. The zero-order valence-corrected chi connectivity index (χ0v) is 11.0. The molecule has 0 bridgehead atoms. The second kappa shape index (κ2) is 5.80. The number of rotatable bonds is 4. The van der Waals surface area contributed by atoms with Crippen molar-refractivity contribution in [3.63, 3.8) is 0 Å². The molecule has 0 amide bonds. The molecule has 1 rings (SSSR count). The molecule has 0 atom stereocenters. The zero-order chi connectivity index (χ0) is 13.9. The Morgan fingerprint density at radius 2 is 1.94 bits per heavy atom. The van der Waals surface area contributed by atoms with Crippen molar-refractivity contribution in [2.75, 3.05) is 12.3 Å². The molecular formula is C12H16ClF3N2. The third-order valence-electron chi connectivity index (χ3n) is 2.59. The van der Waals surface area contributed by atoms with Gasteiger partial charge >= 0.3 is 6.18 Å². The van der Waals surface area contributed by atoms with Gasteiger partial charge in [0.2, 0.25) is 0 Å². The first-order valence-electron chi connectivity index (χ1n) is 5.54. The highest BCUT2D eigenvalue weighted by Gasteiger charge is 2.31. The van der Waals surface area contributed by atoms with E-state index in [9.17, 15) is 13.2 Å². The van der Waals surface area contributed by atoms with E-state index >= 15 is 0 Å². The number of nitrogens with zero attached hydrogens (tertiary/aromatic N) is 1. The third kappa shape index (κ3) is 4.74. The minimum absolute atomic E-state index is 0.153. The van der Waals surface area contributed by atoms with E-state index in [2.05, 4.69) is 0 Å². The maximum Gasteiger partial charge on any atom is 0.401 e. The van der Waals surface area contributed by atoms with E-state index in [0.717, 1.165) is 0 Å². The van der Waals surface area contributed by atoms with Crippen LogP contribution in [0.3, 0.4) is 0 Å². The van der Waals surface area contributed by atoms with Crippen LogP contribution < -0.4 is 5.73 Å². The van der Waals surface area contributed by atoms with Crippen molar-refractivity contribution in [1.82, 2.24) is 4.90 Å². The zero-order valence-electron chi connectivity index (χ0n) is 10.3. The minimum atomic E-state index is -4.22. The molecule has 0 aliphatic heterocycles. The summed E-state index contributed by atoms with van der Waals surface area (Å²) in [6.07, 6.45) is -4.22. The van der Waals surface area contributed by atoms with Crippen molar-refractivity contribution in [3.05, 3.63) is 28.8 Å². The molecule has 0 heterocycles. The Balaban J connectivity index is 2.83. The average Bonchev–Trinajstić information content (AvgIpc) is 2.18. The number of nitrogens with two attached hydrogens (primary N) is 1. The van der Waals surface area contributed by atoms with Gasteiger partial charge in [0.05, 0.1) is 6.54 Å². The standard InChI is InChI=1S/C12H16ClF3N2/c1-8(2)18(7-12(14,15)16)6-9-3-4-10(13)5-11(9)17/h3-5,8H,6-7,17H2,1-2H3. The summed E-state index contributed by atoms with van der Waals surface area (Å²) in [6.45, 7) is 2.64. The molecule has 102 valence electrons. The van der Waals surface area contributed by atoms with Crippen LogP contribution in [0.25, 0.3) is 0 Å². The van der Waals surface area contributed by atoms with Crippen molar-refractivity contribution >= 4 is 17.3 Å². The Morgan fingerprint density at radius 3 is 2.39 bits per heavy atom. The van der Waals surface area contributed by atoms with Crippen LogP contribution in [-0.4, -0.2) is 23.7 Å². The summed E-state index contributed by atoms with van der Waals surface area (Å²) in [5.74, 6) is 0. The second-order valence-corrected chi connectivity index (χ2v) is 4.89. The fraction of sp³-hybridized carbons (Fsp3) is 0.500. The van der Waals surface area contributed by atoms with Crippen molar-refractivity contribution in [1.29, 1.82) is 0 Å². The number of alkyl halides is 3. The summed E-state index contributed by atoms with van der Waals surface area (Å²) < 4.78 is 37.3. The van der Waals surface area contributed by atoms with E-state index in [0.29, 0.717) is 16.3 Å². The van der Waals surface area contributed by atoms with Crippen LogP contribution in [-0.2, 0) is 6.54 Å². The largest absolute Gasteiger partial charge is 0.401 e. The molecule has 0 aliphatic carbocycles. The molecule has 0 fully saturated rings. The van der Waals surface area contributed by atoms with Gasteiger partial charge in [-0.05, 0) is 31.5 Å². The first-order chi connectivity index (χ1) is 8.19. The fourth-order valence-electron chi connectivity index (χ4n) is 1.58. The van der Waals surface area contributed by atoms with Crippen molar-refractivity contribution in [3.8, 4) is 0 Å². The first kappa shape index (κ1) is 15.1. The molecular weight excluding hydrogens is 265 g/mol. The minimum Gasteiger partial charge on any atom is -0.398 e. The maximum atomic E-state index is 12.4. The molecule has 2 nitrogen and oxygen atoms in total. The lowest BCUT2D eigenvalue weighted by Gasteiger charge is -2.28. The molecule has 1 aromatic carbocycles. The monoisotopic (exact) mass is 280 g/mol. The lowest BCUT2D eigenvalue weighted by Crippen LogP contribution is -2.38. The summed E-state index contributed by atoms with van der Waals surface area (Å²) in [4.78, 5) is 1.32. The van der Waals surface area contributed by atoms with Crippen LogP contribution in [0.1, 0.15) is 19.4 Å². The van der Waals surface area contributed by atoms with Crippen molar-refractivity contribution in [2.45, 2.75) is 32.6 Å². The Labute approximate surface area is 110 Å². The summed E-state index contributed by atoms with van der Waals surface area (Å²) in [6, 6.07) is 4.60. The van der Waals surface area contributed by atoms with Gasteiger partial charge in [0.25, 0.3) is 0 Å². The van der Waals surface area contributed by atoms with Crippen molar-refractivity contribution < 1.29 is 13.2 Å². The molecule has 0 saturated carbocycles. The highest BCUT2D eigenvalue weighted by molar-refractivity contribution is 6.30. The lowest BCUT2D eigenvalue weighted by molar-refractivity contribution is -0.150. The van der Waals surface area contributed by atoms with Gasteiger partial charge in [-0.15, -0.1) is 0 Å². The van der Waals surface area contributed by atoms with Gasteiger partial charge in [0, 0.05) is 23.3 Å². The topological polar surface area (TPSA) is 29.3 Å². The van der Waals surface area contributed by atoms with Crippen LogP contribution >= 0.6 is 11.6 Å². The van der Waals surface area contributed by atoms with Gasteiger partial charge in [-0.3, -0.25) is 4.90 Å². The van der Waals surface area contributed by atoms with Gasteiger partial charge in [-0.1, -0.05) is 17.7 Å². The molecule has 0 radical (unpaired) electrons. The predicted octanol–water partition coefficient (Wildman–Crippen LogP) is 3.69. The summed E-state index contributed by atoms with van der Waals surface area (Å²) >= 11 is 5.75. The van der Waals surface area contributed by atoms with Gasteiger partial charge < -0.3 is 5.73 Å². The van der Waals surface area contributed by atoms with Crippen LogP contribution in [0.4, 0.5) is 18.9 Å². The Hall–Kier alpha value is -0.940. The summed E-state index contributed by atoms with van der Waals surface area (Å²) in [5.41, 5.74) is 6.80.